The van der Waals surface area contributed by atoms with Crippen molar-refractivity contribution in [3.05, 3.63) is 40.9 Å². The Hall–Kier alpha value is -2.48. The van der Waals surface area contributed by atoms with E-state index < -0.39 is 23.8 Å². The fourth-order valence-corrected chi connectivity index (χ4v) is 1.74. The summed E-state index contributed by atoms with van der Waals surface area (Å²) in [5.41, 5.74) is 0. The summed E-state index contributed by atoms with van der Waals surface area (Å²) in [6.07, 6.45) is 2.19. The number of carbonyl (C=O) groups is 4. The van der Waals surface area contributed by atoms with Gasteiger partial charge in [0, 0.05) is 23.0 Å². The Morgan fingerprint density at radius 3 is 2.33 bits per heavy atom. The topological polar surface area (TPSA) is 96.0 Å². The van der Waals surface area contributed by atoms with Crippen LogP contribution in [0.25, 0.3) is 0 Å². The van der Waals surface area contributed by atoms with E-state index in [-0.39, 0.29) is 13.0 Å². The predicted octanol–water partition coefficient (Wildman–Crippen LogP) is 1.83. The zero-order valence-electron chi connectivity index (χ0n) is 12.8. The van der Waals surface area contributed by atoms with Gasteiger partial charge < -0.3 is 19.0 Å². The van der Waals surface area contributed by atoms with Crippen molar-refractivity contribution in [1.29, 1.82) is 0 Å². The monoisotopic (exact) mass is 398 g/mol. The molecule has 0 heterocycles. The van der Waals surface area contributed by atoms with Crippen molar-refractivity contribution in [3.8, 4) is 5.75 Å². The summed E-state index contributed by atoms with van der Waals surface area (Å²) in [4.78, 5) is 45.0. The number of carbonyl (C=O) groups excluding carboxylic acids is 4. The molecule has 1 aromatic rings. The average molecular weight is 399 g/mol. The van der Waals surface area contributed by atoms with E-state index in [1.165, 1.54) is 7.11 Å². The smallest absolute Gasteiger partial charge is 0.331 e. The summed E-state index contributed by atoms with van der Waals surface area (Å²) in [6.45, 7) is -0.177. The molecule has 0 aliphatic carbocycles. The quantitative estimate of drug-likeness (QED) is 0.216. The highest BCUT2D eigenvalue weighted by atomic mass is 79.9. The molecule has 0 saturated heterocycles. The van der Waals surface area contributed by atoms with Gasteiger partial charge in [-0.05, 0) is 24.3 Å². The molecule has 24 heavy (non-hydrogen) atoms. The number of esters is 3. The van der Waals surface area contributed by atoms with E-state index >= 15 is 0 Å². The van der Waals surface area contributed by atoms with Crippen molar-refractivity contribution in [1.82, 2.24) is 0 Å². The third-order valence-electron chi connectivity index (χ3n) is 2.73. The van der Waals surface area contributed by atoms with Gasteiger partial charge in [0.2, 0.25) is 0 Å². The molecule has 0 aromatic heterocycles. The summed E-state index contributed by atoms with van der Waals surface area (Å²) in [6, 6.07) is 6.52. The highest BCUT2D eigenvalue weighted by molar-refractivity contribution is 9.10. The Bertz CT molecular complexity index is 622. The molecule has 0 saturated carbocycles. The SMILES string of the molecule is COC(=O)/C=C/C(=O)OCCC(C=O)C(=O)Oc1ccc(Br)cc1. The Kier molecular flexibility index (Phi) is 8.42. The molecule has 0 spiro atoms. The Labute approximate surface area is 146 Å². The van der Waals surface area contributed by atoms with Crippen molar-refractivity contribution in [2.24, 2.45) is 5.92 Å². The molecule has 0 radical (unpaired) electrons. The van der Waals surface area contributed by atoms with Crippen LogP contribution in [0.3, 0.4) is 0 Å². The first-order chi connectivity index (χ1) is 11.5. The number of halogens is 1. The maximum Gasteiger partial charge on any atom is 0.331 e. The molecule has 1 unspecified atom stereocenters. The van der Waals surface area contributed by atoms with Crippen molar-refractivity contribution in [3.63, 3.8) is 0 Å². The molecule has 0 bridgehead atoms. The summed E-state index contributed by atoms with van der Waals surface area (Å²) in [5, 5.41) is 0. The Morgan fingerprint density at radius 2 is 1.75 bits per heavy atom. The van der Waals surface area contributed by atoms with Gasteiger partial charge in [0.25, 0.3) is 0 Å². The molecule has 7 nitrogen and oxygen atoms in total. The second-order valence-electron chi connectivity index (χ2n) is 4.43. The average Bonchev–Trinajstić information content (AvgIpc) is 2.58. The lowest BCUT2D eigenvalue weighted by Gasteiger charge is -2.10. The second-order valence-corrected chi connectivity index (χ2v) is 5.35. The van der Waals surface area contributed by atoms with Gasteiger partial charge in [-0.1, -0.05) is 15.9 Å². The minimum atomic E-state index is -1.06. The molecule has 1 atom stereocenters. The summed E-state index contributed by atoms with van der Waals surface area (Å²) in [7, 11) is 1.17. The third-order valence-corrected chi connectivity index (χ3v) is 3.26. The largest absolute Gasteiger partial charge is 0.466 e. The second kappa shape index (κ2) is 10.3. The predicted molar refractivity (Wildman–Crippen MR) is 86.1 cm³/mol. The molecule has 0 aliphatic heterocycles. The van der Waals surface area contributed by atoms with E-state index in [0.717, 1.165) is 16.6 Å². The maximum absolute atomic E-state index is 11.9. The van der Waals surface area contributed by atoms with Gasteiger partial charge in [-0.15, -0.1) is 0 Å². The Balaban J connectivity index is 2.43. The zero-order valence-corrected chi connectivity index (χ0v) is 14.4. The summed E-state index contributed by atoms with van der Waals surface area (Å²) < 4.78 is 15.0. The highest BCUT2D eigenvalue weighted by Crippen LogP contribution is 2.17. The van der Waals surface area contributed by atoms with Gasteiger partial charge in [0.05, 0.1) is 13.7 Å². The van der Waals surface area contributed by atoms with Crippen molar-refractivity contribution < 1.29 is 33.4 Å². The summed E-state index contributed by atoms with van der Waals surface area (Å²) in [5.74, 6) is -2.99. The maximum atomic E-state index is 11.9. The van der Waals surface area contributed by atoms with Crippen molar-refractivity contribution >= 4 is 40.1 Å². The minimum Gasteiger partial charge on any atom is -0.466 e. The van der Waals surface area contributed by atoms with Gasteiger partial charge >= 0.3 is 17.9 Å². The number of ether oxygens (including phenoxy) is 3. The molecule has 1 rings (SSSR count). The van der Waals surface area contributed by atoms with Crippen LogP contribution in [0.15, 0.2) is 40.9 Å². The van der Waals surface area contributed by atoms with Gasteiger partial charge in [0.1, 0.15) is 18.0 Å². The fraction of sp³-hybridized carbons (Fsp3) is 0.250. The molecular weight excluding hydrogens is 384 g/mol. The third kappa shape index (κ3) is 7.19. The lowest BCUT2D eigenvalue weighted by Crippen LogP contribution is -2.23. The lowest BCUT2D eigenvalue weighted by molar-refractivity contribution is -0.145. The van der Waals surface area contributed by atoms with Crippen LogP contribution < -0.4 is 4.74 Å². The number of hydrogen-bond donors (Lipinski definition) is 0. The molecule has 0 N–H and O–H groups in total. The van der Waals surface area contributed by atoms with Crippen LogP contribution in [-0.2, 0) is 28.7 Å². The summed E-state index contributed by atoms with van der Waals surface area (Å²) >= 11 is 3.25. The van der Waals surface area contributed by atoms with E-state index in [9.17, 15) is 19.2 Å². The van der Waals surface area contributed by atoms with Crippen LogP contribution in [0.2, 0.25) is 0 Å². The molecule has 0 amide bonds. The standard InChI is InChI=1S/C16H15BrO7/c1-22-14(19)6-7-15(20)23-9-8-11(10-18)16(21)24-13-4-2-12(17)3-5-13/h2-7,10-11H,8-9H2,1H3/b7-6+. The van der Waals surface area contributed by atoms with Gasteiger partial charge in [0.15, 0.2) is 0 Å². The number of methoxy groups -OCH3 is 1. The molecular formula is C16H15BrO7. The number of aldehydes is 1. The van der Waals surface area contributed by atoms with Gasteiger partial charge in [-0.3, -0.25) is 4.79 Å². The van der Waals surface area contributed by atoms with Crippen LogP contribution >= 0.6 is 15.9 Å². The van der Waals surface area contributed by atoms with Crippen LogP contribution in [0.4, 0.5) is 0 Å². The number of rotatable bonds is 8. The molecule has 0 fully saturated rings. The van der Waals surface area contributed by atoms with E-state index in [0.29, 0.717) is 12.0 Å². The van der Waals surface area contributed by atoms with Crippen LogP contribution in [-0.4, -0.2) is 37.9 Å². The van der Waals surface area contributed by atoms with E-state index in [1.807, 2.05) is 0 Å². The first-order valence-corrected chi connectivity index (χ1v) is 7.61. The first kappa shape index (κ1) is 19.6. The fourth-order valence-electron chi connectivity index (χ4n) is 1.47. The van der Waals surface area contributed by atoms with Gasteiger partial charge in [-0.2, -0.15) is 0 Å². The molecule has 0 aliphatic rings. The number of hydrogen-bond acceptors (Lipinski definition) is 7. The minimum absolute atomic E-state index is 0.0311. The van der Waals surface area contributed by atoms with E-state index in [1.54, 1.807) is 24.3 Å². The molecule has 8 heteroatoms. The van der Waals surface area contributed by atoms with E-state index in [4.69, 9.17) is 9.47 Å². The normalized spacial score (nSPS) is 11.6. The Morgan fingerprint density at radius 1 is 1.12 bits per heavy atom. The number of benzene rings is 1. The highest BCUT2D eigenvalue weighted by Gasteiger charge is 2.20. The van der Waals surface area contributed by atoms with E-state index in [2.05, 4.69) is 20.7 Å². The zero-order chi connectivity index (χ0) is 17.9. The lowest BCUT2D eigenvalue weighted by atomic mass is 10.1. The van der Waals surface area contributed by atoms with Crippen molar-refractivity contribution in [2.75, 3.05) is 13.7 Å². The first-order valence-electron chi connectivity index (χ1n) is 6.81. The van der Waals surface area contributed by atoms with Crippen molar-refractivity contribution in [2.45, 2.75) is 6.42 Å². The van der Waals surface area contributed by atoms with Crippen LogP contribution in [0.1, 0.15) is 6.42 Å². The van der Waals surface area contributed by atoms with Gasteiger partial charge in [-0.25, -0.2) is 9.59 Å². The molecule has 1 aromatic carbocycles. The van der Waals surface area contributed by atoms with Crippen LogP contribution in [0.5, 0.6) is 5.75 Å². The van der Waals surface area contributed by atoms with Crippen LogP contribution in [0, 0.1) is 5.92 Å². The molecule has 128 valence electrons.